The molecule has 0 unspecified atom stereocenters. The number of amides is 3. The normalized spacial score (nSPS) is 21.8. The van der Waals surface area contributed by atoms with Crippen LogP contribution in [0.15, 0.2) is 66.7 Å². The van der Waals surface area contributed by atoms with Crippen molar-refractivity contribution in [3.8, 4) is 0 Å². The van der Waals surface area contributed by atoms with Crippen molar-refractivity contribution in [2.45, 2.75) is 45.4 Å². The highest BCUT2D eigenvalue weighted by Gasteiger charge is 2.32. The fraction of sp³-hybridized carbons (Fsp3) is 0.433. The van der Waals surface area contributed by atoms with Crippen LogP contribution in [0.4, 0.5) is 5.69 Å². The lowest BCUT2D eigenvalue weighted by Gasteiger charge is -2.34. The highest BCUT2D eigenvalue weighted by Crippen LogP contribution is 2.31. The van der Waals surface area contributed by atoms with Gasteiger partial charge in [-0.05, 0) is 30.5 Å². The van der Waals surface area contributed by atoms with Crippen molar-refractivity contribution in [1.82, 2.24) is 9.80 Å². The molecule has 0 bridgehead atoms. The first-order valence-electron chi connectivity index (χ1n) is 13.0. The predicted molar refractivity (Wildman–Crippen MR) is 148 cm³/mol. The smallest absolute Gasteiger partial charge is 0.254 e. The third kappa shape index (κ3) is 7.30. The summed E-state index contributed by atoms with van der Waals surface area (Å²) in [5.41, 5.74) is 1.88. The number of carbonyl (C=O) groups excluding carboxylic acids is 3. The molecule has 1 heterocycles. The molecule has 1 aliphatic rings. The minimum Gasteiger partial charge on any atom is -0.377 e. The molecule has 0 aliphatic carbocycles. The summed E-state index contributed by atoms with van der Waals surface area (Å²) >= 11 is 0. The lowest BCUT2D eigenvalue weighted by molar-refractivity contribution is -0.136. The van der Waals surface area contributed by atoms with E-state index >= 15 is 0 Å². The van der Waals surface area contributed by atoms with E-state index in [1.54, 1.807) is 36.2 Å². The lowest BCUT2D eigenvalue weighted by atomic mass is 9.98. The summed E-state index contributed by atoms with van der Waals surface area (Å²) in [7, 11) is 3.17. The molecule has 0 fully saturated rings. The van der Waals surface area contributed by atoms with Gasteiger partial charge in [-0.3, -0.25) is 14.4 Å². The van der Waals surface area contributed by atoms with Gasteiger partial charge in [0.05, 0.1) is 6.54 Å². The summed E-state index contributed by atoms with van der Waals surface area (Å²) < 4.78 is 11.8. The number of nitrogens with one attached hydrogen (secondary N) is 1. The van der Waals surface area contributed by atoms with Gasteiger partial charge in [-0.25, -0.2) is 0 Å². The van der Waals surface area contributed by atoms with E-state index in [2.05, 4.69) is 5.32 Å². The fourth-order valence-electron chi connectivity index (χ4n) is 4.76. The molecule has 1 N–H and O–H groups in total. The predicted octanol–water partition coefficient (Wildman–Crippen LogP) is 4.30. The fourth-order valence-corrected chi connectivity index (χ4v) is 4.76. The number of para-hydroxylation sites is 1. The van der Waals surface area contributed by atoms with Gasteiger partial charge in [-0.1, -0.05) is 62.4 Å². The largest absolute Gasteiger partial charge is 0.377 e. The van der Waals surface area contributed by atoms with Crippen molar-refractivity contribution in [3.63, 3.8) is 0 Å². The average molecular weight is 522 g/mol. The first-order chi connectivity index (χ1) is 18.3. The Labute approximate surface area is 225 Å². The maximum Gasteiger partial charge on any atom is 0.254 e. The monoisotopic (exact) mass is 521 g/mol. The number of rotatable bonds is 5. The standard InChI is InChI=1S/C30H39N3O5/c1-21(2)19-26-29(35)31-25-16-10-9-15-24(25)28(38-5)27(37-4)20-32(17-11-12-18-33(26)22(3)34)30(36)23-13-7-6-8-14-23/h6-16,21,26-28H,17-20H2,1-5H3,(H,31,35)/b12-11-/t26-,27-,28-/m0/s1. The van der Waals surface area contributed by atoms with Crippen LogP contribution in [0.25, 0.3) is 0 Å². The van der Waals surface area contributed by atoms with Gasteiger partial charge < -0.3 is 24.6 Å². The van der Waals surface area contributed by atoms with Gasteiger partial charge in [0.2, 0.25) is 11.8 Å². The topological polar surface area (TPSA) is 88.2 Å². The van der Waals surface area contributed by atoms with Crippen LogP contribution in [0.1, 0.15) is 49.2 Å². The van der Waals surface area contributed by atoms with Crippen molar-refractivity contribution in [1.29, 1.82) is 0 Å². The van der Waals surface area contributed by atoms with Crippen LogP contribution in [0, 0.1) is 5.92 Å². The number of fused-ring (bicyclic) bond motifs is 1. The summed E-state index contributed by atoms with van der Waals surface area (Å²) in [4.78, 5) is 43.1. The second-order valence-electron chi connectivity index (χ2n) is 9.87. The Balaban J connectivity index is 2.09. The Bertz CT molecular complexity index is 1120. The zero-order valence-electron chi connectivity index (χ0n) is 22.9. The molecule has 0 saturated heterocycles. The SMILES string of the molecule is CO[C@H]1CN(C(=O)c2ccccc2)C/C=C\CN(C(C)=O)[C@@H](CC(C)C)C(=O)Nc2ccccc2[C@@H]1OC. The van der Waals surface area contributed by atoms with E-state index in [0.29, 0.717) is 24.2 Å². The van der Waals surface area contributed by atoms with Crippen molar-refractivity contribution < 1.29 is 23.9 Å². The number of ether oxygens (including phenoxy) is 2. The molecule has 8 heteroatoms. The second kappa shape index (κ2) is 13.9. The van der Waals surface area contributed by atoms with E-state index in [0.717, 1.165) is 5.56 Å². The molecule has 0 spiro atoms. The van der Waals surface area contributed by atoms with E-state index in [9.17, 15) is 14.4 Å². The summed E-state index contributed by atoms with van der Waals surface area (Å²) in [5.74, 6) is -0.394. The quantitative estimate of drug-likeness (QED) is 0.593. The van der Waals surface area contributed by atoms with Crippen molar-refractivity contribution in [2.24, 2.45) is 5.92 Å². The summed E-state index contributed by atoms with van der Waals surface area (Å²) in [6, 6.07) is 15.8. The van der Waals surface area contributed by atoms with Crippen LogP contribution >= 0.6 is 0 Å². The van der Waals surface area contributed by atoms with Crippen molar-refractivity contribution in [3.05, 3.63) is 77.9 Å². The van der Waals surface area contributed by atoms with E-state index in [-0.39, 0.29) is 36.7 Å². The molecule has 1 aliphatic heterocycles. The van der Waals surface area contributed by atoms with Crippen LogP contribution in [0.5, 0.6) is 0 Å². The molecule has 204 valence electrons. The Morgan fingerprint density at radius 3 is 2.26 bits per heavy atom. The molecule has 3 amide bonds. The molecule has 2 aromatic rings. The van der Waals surface area contributed by atoms with E-state index in [1.807, 2.05) is 68.5 Å². The Hall–Kier alpha value is -3.49. The third-order valence-electron chi connectivity index (χ3n) is 6.70. The lowest BCUT2D eigenvalue weighted by Crippen LogP contribution is -2.47. The molecule has 0 radical (unpaired) electrons. The number of anilines is 1. The number of hydrogen-bond donors (Lipinski definition) is 1. The maximum atomic E-state index is 13.6. The molecule has 38 heavy (non-hydrogen) atoms. The minimum atomic E-state index is -0.658. The van der Waals surface area contributed by atoms with Gasteiger partial charge in [0.15, 0.2) is 0 Å². The zero-order chi connectivity index (χ0) is 27.7. The van der Waals surface area contributed by atoms with Gasteiger partial charge in [-0.2, -0.15) is 0 Å². The third-order valence-corrected chi connectivity index (χ3v) is 6.70. The number of methoxy groups -OCH3 is 2. The van der Waals surface area contributed by atoms with Crippen molar-refractivity contribution in [2.75, 3.05) is 39.2 Å². The summed E-state index contributed by atoms with van der Waals surface area (Å²) in [6.45, 7) is 6.33. The van der Waals surface area contributed by atoms with Gasteiger partial charge in [-0.15, -0.1) is 0 Å². The highest BCUT2D eigenvalue weighted by molar-refractivity contribution is 5.97. The molecule has 2 aromatic carbocycles. The maximum absolute atomic E-state index is 13.6. The Morgan fingerprint density at radius 1 is 0.974 bits per heavy atom. The number of benzene rings is 2. The van der Waals surface area contributed by atoms with E-state index in [1.165, 1.54) is 6.92 Å². The zero-order valence-corrected chi connectivity index (χ0v) is 22.9. The molecule has 0 aromatic heterocycles. The molecule has 0 saturated carbocycles. The highest BCUT2D eigenvalue weighted by atomic mass is 16.5. The van der Waals surface area contributed by atoms with Crippen LogP contribution in [0.2, 0.25) is 0 Å². The Kier molecular flexibility index (Phi) is 10.6. The number of nitrogens with zero attached hydrogens (tertiary/aromatic N) is 2. The molecule has 3 atom stereocenters. The first-order valence-corrected chi connectivity index (χ1v) is 13.0. The summed E-state index contributed by atoms with van der Waals surface area (Å²) in [5, 5.41) is 3.05. The van der Waals surface area contributed by atoms with Crippen molar-refractivity contribution >= 4 is 23.4 Å². The van der Waals surface area contributed by atoms with Crippen LogP contribution < -0.4 is 5.32 Å². The Morgan fingerprint density at radius 2 is 1.63 bits per heavy atom. The second-order valence-corrected chi connectivity index (χ2v) is 9.87. The average Bonchev–Trinajstić information content (AvgIpc) is 2.91. The number of hydrogen-bond acceptors (Lipinski definition) is 5. The van der Waals surface area contributed by atoms with Gasteiger partial charge in [0.25, 0.3) is 5.91 Å². The number of carbonyl (C=O) groups is 3. The van der Waals surface area contributed by atoms with Gasteiger partial charge in [0, 0.05) is 51.0 Å². The van der Waals surface area contributed by atoms with E-state index in [4.69, 9.17) is 9.47 Å². The minimum absolute atomic E-state index is 0.137. The molecule has 3 rings (SSSR count). The first kappa shape index (κ1) is 29.1. The van der Waals surface area contributed by atoms with Crippen LogP contribution in [-0.2, 0) is 19.1 Å². The van der Waals surface area contributed by atoms with E-state index < -0.39 is 18.2 Å². The van der Waals surface area contributed by atoms with Crippen LogP contribution in [0.3, 0.4) is 0 Å². The molecular formula is C30H39N3O5. The van der Waals surface area contributed by atoms with Crippen LogP contribution in [-0.4, -0.2) is 73.5 Å². The van der Waals surface area contributed by atoms with Gasteiger partial charge in [0.1, 0.15) is 18.2 Å². The summed E-state index contributed by atoms with van der Waals surface area (Å²) in [6.07, 6.45) is 3.12. The molecular weight excluding hydrogens is 482 g/mol. The molecule has 8 nitrogen and oxygen atoms in total. The van der Waals surface area contributed by atoms with Gasteiger partial charge >= 0.3 is 0 Å².